The molecule has 0 spiro atoms. The number of aliphatic hydroxyl groups excluding tert-OH is 1. The van der Waals surface area contributed by atoms with Gasteiger partial charge in [0, 0.05) is 19.3 Å². The topological polar surface area (TPSA) is 142 Å². The van der Waals surface area contributed by atoms with Gasteiger partial charge >= 0.3 is 11.9 Å². The van der Waals surface area contributed by atoms with Gasteiger partial charge in [-0.2, -0.15) is 0 Å². The van der Waals surface area contributed by atoms with Crippen molar-refractivity contribution in [3.63, 3.8) is 0 Å². The van der Waals surface area contributed by atoms with Crippen molar-refractivity contribution >= 4 is 19.5 Å². The summed E-state index contributed by atoms with van der Waals surface area (Å²) < 4.78 is 29.6. The molecule has 0 aromatic carbocycles. The zero-order valence-corrected chi connectivity index (χ0v) is 42.2. The van der Waals surface area contributed by atoms with E-state index >= 15 is 0 Å². The van der Waals surface area contributed by atoms with Crippen LogP contribution in [-0.2, 0) is 28.2 Å². The van der Waals surface area contributed by atoms with Crippen LogP contribution in [0.2, 0.25) is 0 Å². The molecule has 0 rings (SSSR count). The van der Waals surface area contributed by atoms with Gasteiger partial charge in [0.05, 0.1) is 27.2 Å². The molecule has 0 saturated carbocycles. The number of hydrogen-bond donors (Lipinski definition) is 2. The Morgan fingerprint density at radius 2 is 0.905 bits per heavy atom. The first-order valence-corrected chi connectivity index (χ1v) is 27.4. The van der Waals surface area contributed by atoms with Crippen LogP contribution in [-0.4, -0.2) is 78.7 Å². The zero-order valence-electron chi connectivity index (χ0n) is 41.3. The lowest BCUT2D eigenvalue weighted by Crippen LogP contribution is -2.50. The van der Waals surface area contributed by atoms with Gasteiger partial charge in [-0.05, 0) is 96.8 Å². The largest absolute Gasteiger partial charge is 0.774 e. The normalized spacial score (nSPS) is 14.3. The van der Waals surface area contributed by atoms with Crippen molar-refractivity contribution in [3.05, 3.63) is 36.5 Å². The fourth-order valence-corrected chi connectivity index (χ4v) is 8.84. The number of ether oxygens (including phenoxy) is 2. The standard InChI is InChI=1S/C52H98NO9P/c1-6-8-10-12-14-16-18-20-21-22-23-24-25-26-27-28-29-31-33-35-37-39-41-43-52(57)62-49(47-61-63(58,59)48(3)53(4,5)45-44-50(54)55)46-60-51(56)42-40-38-36-34-32-30-19-17-15-13-11-9-7-2/h18,20,32-35,48-50,54-55H,6-17,19,21-31,36-47H2,1-5H3/b20-18-,34-32-,35-33-/t48?,49-/m1/s1. The van der Waals surface area contributed by atoms with Crippen molar-refractivity contribution < 1.29 is 47.7 Å². The Hall–Kier alpha value is -1.81. The van der Waals surface area contributed by atoms with E-state index in [-0.39, 0.29) is 36.9 Å². The van der Waals surface area contributed by atoms with E-state index in [0.29, 0.717) is 12.8 Å². The van der Waals surface area contributed by atoms with Crippen molar-refractivity contribution in [2.24, 2.45) is 0 Å². The third kappa shape index (κ3) is 40.2. The van der Waals surface area contributed by atoms with Gasteiger partial charge in [0.25, 0.3) is 0 Å². The van der Waals surface area contributed by atoms with E-state index in [1.165, 1.54) is 148 Å². The van der Waals surface area contributed by atoms with Crippen LogP contribution in [0, 0.1) is 0 Å². The van der Waals surface area contributed by atoms with Crippen LogP contribution in [0.5, 0.6) is 0 Å². The predicted octanol–water partition coefficient (Wildman–Crippen LogP) is 13.3. The Morgan fingerprint density at radius 3 is 1.29 bits per heavy atom. The summed E-state index contributed by atoms with van der Waals surface area (Å²) in [6.07, 6.45) is 47.0. The van der Waals surface area contributed by atoms with Crippen molar-refractivity contribution in [2.45, 2.75) is 251 Å². The van der Waals surface area contributed by atoms with Crippen LogP contribution >= 0.6 is 7.60 Å². The van der Waals surface area contributed by atoms with Gasteiger partial charge in [0.15, 0.2) is 20.0 Å². The van der Waals surface area contributed by atoms with Crippen molar-refractivity contribution in [3.8, 4) is 0 Å². The number of esters is 2. The second kappa shape index (κ2) is 42.8. The van der Waals surface area contributed by atoms with Crippen LogP contribution in [0.15, 0.2) is 36.5 Å². The van der Waals surface area contributed by atoms with E-state index in [1.807, 2.05) is 0 Å². The molecule has 0 aliphatic carbocycles. The maximum absolute atomic E-state index is 13.2. The van der Waals surface area contributed by atoms with E-state index in [9.17, 15) is 29.3 Å². The molecular weight excluding hydrogens is 814 g/mol. The van der Waals surface area contributed by atoms with Gasteiger partial charge in [0.2, 0.25) is 0 Å². The number of aliphatic hydroxyl groups is 2. The molecule has 0 heterocycles. The average molecular weight is 912 g/mol. The lowest BCUT2D eigenvalue weighted by Gasteiger charge is -2.42. The summed E-state index contributed by atoms with van der Waals surface area (Å²) in [5, 5.41) is 18.6. The van der Waals surface area contributed by atoms with E-state index in [4.69, 9.17) is 14.0 Å². The average Bonchev–Trinajstić information content (AvgIpc) is 3.25. The SMILES string of the molecule is CCCCCCC/C=C\CCCCCCCCCC/C=C\CCCCC(=O)O[C@H](COC(=O)CCCC/C=C\CCCCCCCCC)COP(=O)([O-])C(C)[N+](C)(C)CCC(O)O. The molecule has 0 radical (unpaired) electrons. The quantitative estimate of drug-likeness (QED) is 0.0152. The summed E-state index contributed by atoms with van der Waals surface area (Å²) in [5.74, 6) is -1.93. The Morgan fingerprint density at radius 1 is 0.556 bits per heavy atom. The lowest BCUT2D eigenvalue weighted by molar-refractivity contribution is -0.902. The smallest absolute Gasteiger partial charge is 0.306 e. The van der Waals surface area contributed by atoms with Gasteiger partial charge < -0.3 is 38.2 Å². The van der Waals surface area contributed by atoms with E-state index < -0.39 is 44.3 Å². The molecule has 11 heteroatoms. The molecule has 63 heavy (non-hydrogen) atoms. The van der Waals surface area contributed by atoms with Gasteiger partial charge in [-0.3, -0.25) is 9.59 Å². The molecule has 0 aromatic rings. The summed E-state index contributed by atoms with van der Waals surface area (Å²) in [6, 6.07) is 0. The molecule has 10 nitrogen and oxygen atoms in total. The maximum atomic E-state index is 13.2. The Balaban J connectivity index is 4.51. The molecule has 3 atom stereocenters. The Labute approximate surface area is 387 Å². The van der Waals surface area contributed by atoms with Gasteiger partial charge in [0.1, 0.15) is 12.4 Å². The molecule has 370 valence electrons. The zero-order chi connectivity index (χ0) is 46.7. The fourth-order valence-electron chi connectivity index (χ4n) is 7.37. The minimum atomic E-state index is -4.50. The molecule has 0 aliphatic rings. The Bertz CT molecular complexity index is 1200. The van der Waals surface area contributed by atoms with Crippen LogP contribution in [0.1, 0.15) is 233 Å². The summed E-state index contributed by atoms with van der Waals surface area (Å²) in [4.78, 5) is 38.6. The van der Waals surface area contributed by atoms with Gasteiger partial charge in [-0.1, -0.05) is 153 Å². The van der Waals surface area contributed by atoms with Crippen LogP contribution in [0.4, 0.5) is 0 Å². The number of rotatable bonds is 46. The van der Waals surface area contributed by atoms with E-state index in [0.717, 1.165) is 38.5 Å². The second-order valence-electron chi connectivity index (χ2n) is 18.5. The summed E-state index contributed by atoms with van der Waals surface area (Å²) in [6.45, 7) is 5.41. The first kappa shape index (κ1) is 61.2. The van der Waals surface area contributed by atoms with E-state index in [1.54, 1.807) is 14.1 Å². The van der Waals surface area contributed by atoms with Crippen LogP contribution < -0.4 is 4.89 Å². The van der Waals surface area contributed by atoms with Crippen molar-refractivity contribution in [2.75, 3.05) is 33.9 Å². The summed E-state index contributed by atoms with van der Waals surface area (Å²) in [5.41, 5.74) is 0. The number of nitrogens with zero attached hydrogens (tertiary/aromatic N) is 1. The number of carbonyl (C=O) groups is 2. The third-order valence-corrected chi connectivity index (χ3v) is 14.1. The highest BCUT2D eigenvalue weighted by atomic mass is 31.2. The fraction of sp³-hybridized carbons (Fsp3) is 0.846. The van der Waals surface area contributed by atoms with Gasteiger partial charge in [-0.25, -0.2) is 0 Å². The molecule has 0 aromatic heterocycles. The van der Waals surface area contributed by atoms with E-state index in [2.05, 4.69) is 50.3 Å². The third-order valence-electron chi connectivity index (χ3n) is 12.0. The maximum Gasteiger partial charge on any atom is 0.306 e. The molecule has 0 fully saturated rings. The first-order valence-electron chi connectivity index (χ1n) is 25.8. The number of hydrogen-bond acceptors (Lipinski definition) is 9. The second-order valence-corrected chi connectivity index (χ2v) is 20.5. The predicted molar refractivity (Wildman–Crippen MR) is 260 cm³/mol. The van der Waals surface area contributed by atoms with Gasteiger partial charge in [-0.15, -0.1) is 0 Å². The number of carbonyl (C=O) groups excluding carboxylic acids is 2. The number of unbranched alkanes of at least 4 members (excludes halogenated alkanes) is 25. The highest BCUT2D eigenvalue weighted by Gasteiger charge is 2.35. The molecule has 0 bridgehead atoms. The van der Waals surface area contributed by atoms with Crippen LogP contribution in [0.3, 0.4) is 0 Å². The first-order chi connectivity index (χ1) is 30.4. The molecule has 2 unspecified atom stereocenters. The summed E-state index contributed by atoms with van der Waals surface area (Å²) in [7, 11) is -1.17. The highest BCUT2D eigenvalue weighted by molar-refractivity contribution is 7.51. The highest BCUT2D eigenvalue weighted by Crippen LogP contribution is 2.46. The minimum Gasteiger partial charge on any atom is -0.774 e. The summed E-state index contributed by atoms with van der Waals surface area (Å²) >= 11 is 0. The Kier molecular flexibility index (Phi) is 41.6. The molecule has 0 aliphatic heterocycles. The number of allylic oxidation sites excluding steroid dienone is 6. The van der Waals surface area contributed by atoms with Crippen LogP contribution in [0.25, 0.3) is 0 Å². The molecular formula is C52H98NO9P. The minimum absolute atomic E-state index is 0.00286. The molecule has 0 amide bonds. The molecule has 2 N–H and O–H groups in total. The number of quaternary nitrogens is 1. The lowest BCUT2D eigenvalue weighted by atomic mass is 10.1. The molecule has 0 saturated heterocycles. The monoisotopic (exact) mass is 912 g/mol. The van der Waals surface area contributed by atoms with Crippen molar-refractivity contribution in [1.29, 1.82) is 0 Å². The van der Waals surface area contributed by atoms with Crippen molar-refractivity contribution in [1.82, 2.24) is 0 Å².